The molecule has 2 rings (SSSR count). The molecule has 0 unspecified atom stereocenters. The maximum Gasteiger partial charge on any atom is 0.163 e. The summed E-state index contributed by atoms with van der Waals surface area (Å²) in [5.41, 5.74) is 2.29. The molecular weight excluding hydrogens is 242 g/mol. The zero-order valence-electron chi connectivity index (χ0n) is 11.2. The van der Waals surface area contributed by atoms with Crippen molar-refractivity contribution in [2.45, 2.75) is 26.3 Å². The molecule has 0 aliphatic heterocycles. The van der Waals surface area contributed by atoms with Crippen LogP contribution in [-0.4, -0.2) is 22.4 Å². The second kappa shape index (κ2) is 5.48. The maximum atomic E-state index is 8.69. The number of hydrogen-bond acceptors (Lipinski definition) is 6. The first kappa shape index (κ1) is 13.0. The van der Waals surface area contributed by atoms with E-state index in [1.807, 2.05) is 18.0 Å². The summed E-state index contributed by atoms with van der Waals surface area (Å²) in [6, 6.07) is 5.37. The first-order valence-corrected chi connectivity index (χ1v) is 6.00. The molecule has 2 aromatic rings. The molecule has 0 aliphatic carbocycles. The molecule has 6 nitrogen and oxygen atoms in total. The standard InChI is InChI=1S/C13H15N5O/c1-9(2)13-10(8-19-17-13)7-18(3)12-5-4-11(6-14)15-16-12/h4-5,8-9H,7H2,1-3H3. The first-order chi connectivity index (χ1) is 9.11. The van der Waals surface area contributed by atoms with Gasteiger partial charge < -0.3 is 9.42 Å². The van der Waals surface area contributed by atoms with Crippen LogP contribution in [0.3, 0.4) is 0 Å². The molecular formula is C13H15N5O. The number of rotatable bonds is 4. The minimum Gasteiger partial charge on any atom is -0.364 e. The van der Waals surface area contributed by atoms with Crippen molar-refractivity contribution < 1.29 is 4.52 Å². The monoisotopic (exact) mass is 257 g/mol. The highest BCUT2D eigenvalue weighted by Gasteiger charge is 2.14. The van der Waals surface area contributed by atoms with E-state index in [0.29, 0.717) is 24.0 Å². The molecule has 2 aromatic heterocycles. The molecule has 19 heavy (non-hydrogen) atoms. The van der Waals surface area contributed by atoms with Gasteiger partial charge in [-0.3, -0.25) is 0 Å². The van der Waals surface area contributed by atoms with Crippen molar-refractivity contribution in [3.05, 3.63) is 35.3 Å². The number of hydrogen-bond donors (Lipinski definition) is 0. The van der Waals surface area contributed by atoms with Gasteiger partial charge in [0.05, 0.1) is 5.69 Å². The summed E-state index contributed by atoms with van der Waals surface area (Å²) in [7, 11) is 1.91. The fourth-order valence-corrected chi connectivity index (χ4v) is 1.79. The molecule has 0 saturated heterocycles. The molecule has 0 amide bonds. The van der Waals surface area contributed by atoms with Crippen LogP contribution in [-0.2, 0) is 6.54 Å². The van der Waals surface area contributed by atoms with Crippen LogP contribution in [0.5, 0.6) is 0 Å². The highest BCUT2D eigenvalue weighted by atomic mass is 16.5. The molecule has 0 N–H and O–H groups in total. The second-order valence-corrected chi connectivity index (χ2v) is 4.62. The summed E-state index contributed by atoms with van der Waals surface area (Å²) < 4.78 is 5.02. The summed E-state index contributed by atoms with van der Waals surface area (Å²) in [5.74, 6) is 1.02. The number of anilines is 1. The van der Waals surface area contributed by atoms with Crippen molar-refractivity contribution in [2.24, 2.45) is 0 Å². The Labute approximate surface area is 111 Å². The lowest BCUT2D eigenvalue weighted by Crippen LogP contribution is -2.19. The van der Waals surface area contributed by atoms with Crippen LogP contribution < -0.4 is 4.90 Å². The largest absolute Gasteiger partial charge is 0.364 e. The Balaban J connectivity index is 2.14. The molecule has 0 spiro atoms. The zero-order chi connectivity index (χ0) is 13.8. The van der Waals surface area contributed by atoms with Crippen molar-refractivity contribution in [1.29, 1.82) is 5.26 Å². The summed E-state index contributed by atoms with van der Waals surface area (Å²) in [6.45, 7) is 4.78. The van der Waals surface area contributed by atoms with Gasteiger partial charge in [-0.25, -0.2) is 0 Å². The van der Waals surface area contributed by atoms with Crippen molar-refractivity contribution in [3.63, 3.8) is 0 Å². The van der Waals surface area contributed by atoms with Crippen LogP contribution in [0.15, 0.2) is 22.9 Å². The molecule has 6 heteroatoms. The normalized spacial score (nSPS) is 10.5. The number of aromatic nitrogens is 3. The van der Waals surface area contributed by atoms with Crippen LogP contribution in [0, 0.1) is 11.3 Å². The molecule has 0 saturated carbocycles. The van der Waals surface area contributed by atoms with Crippen molar-refractivity contribution in [1.82, 2.24) is 15.4 Å². The summed E-state index contributed by atoms with van der Waals surface area (Å²) in [4.78, 5) is 1.94. The van der Waals surface area contributed by atoms with E-state index in [2.05, 4.69) is 29.2 Å². The van der Waals surface area contributed by atoms with E-state index in [-0.39, 0.29) is 0 Å². The molecule has 0 radical (unpaired) electrons. The van der Waals surface area contributed by atoms with Crippen molar-refractivity contribution in [2.75, 3.05) is 11.9 Å². The minimum absolute atomic E-state index is 0.310. The Morgan fingerprint density at radius 2 is 2.16 bits per heavy atom. The van der Waals surface area contributed by atoms with E-state index in [9.17, 15) is 0 Å². The number of nitriles is 1. The third-order valence-electron chi connectivity index (χ3n) is 2.79. The van der Waals surface area contributed by atoms with Gasteiger partial charge in [-0.15, -0.1) is 10.2 Å². The topological polar surface area (TPSA) is 78.8 Å². The SMILES string of the molecule is CC(C)c1nocc1CN(C)c1ccc(C#N)nn1. The lowest BCUT2D eigenvalue weighted by atomic mass is 10.1. The Bertz CT molecular complexity index is 582. The molecule has 2 heterocycles. The first-order valence-electron chi connectivity index (χ1n) is 6.00. The van der Waals surface area contributed by atoms with Gasteiger partial charge in [0, 0.05) is 19.2 Å². The Kier molecular flexibility index (Phi) is 3.76. The minimum atomic E-state index is 0.310. The summed E-state index contributed by atoms with van der Waals surface area (Å²) >= 11 is 0. The lowest BCUT2D eigenvalue weighted by molar-refractivity contribution is 0.408. The smallest absolute Gasteiger partial charge is 0.163 e. The third-order valence-corrected chi connectivity index (χ3v) is 2.79. The molecule has 0 atom stereocenters. The Morgan fingerprint density at radius 3 is 2.74 bits per heavy atom. The predicted octanol–water partition coefficient (Wildman–Crippen LogP) is 2.10. The van der Waals surface area contributed by atoms with Gasteiger partial charge in [-0.1, -0.05) is 19.0 Å². The summed E-state index contributed by atoms with van der Waals surface area (Å²) in [5, 5.41) is 20.5. The van der Waals surface area contributed by atoms with Gasteiger partial charge in [0.1, 0.15) is 12.3 Å². The fraction of sp³-hybridized carbons (Fsp3) is 0.385. The van der Waals surface area contributed by atoms with Crippen molar-refractivity contribution >= 4 is 5.82 Å². The van der Waals surface area contributed by atoms with E-state index in [0.717, 1.165) is 11.3 Å². The van der Waals surface area contributed by atoms with Gasteiger partial charge >= 0.3 is 0 Å². The van der Waals surface area contributed by atoms with Gasteiger partial charge in [0.15, 0.2) is 11.5 Å². The van der Waals surface area contributed by atoms with Crippen LogP contribution in [0.4, 0.5) is 5.82 Å². The van der Waals surface area contributed by atoms with E-state index >= 15 is 0 Å². The van der Waals surface area contributed by atoms with E-state index in [4.69, 9.17) is 9.78 Å². The van der Waals surface area contributed by atoms with Gasteiger partial charge in [0.2, 0.25) is 0 Å². The number of nitrogens with zero attached hydrogens (tertiary/aromatic N) is 5. The quantitative estimate of drug-likeness (QED) is 0.834. The van der Waals surface area contributed by atoms with E-state index in [1.165, 1.54) is 0 Å². The van der Waals surface area contributed by atoms with Crippen LogP contribution in [0.2, 0.25) is 0 Å². The average Bonchev–Trinajstić information content (AvgIpc) is 2.87. The highest BCUT2D eigenvalue weighted by molar-refractivity contribution is 5.39. The van der Waals surface area contributed by atoms with Gasteiger partial charge in [0.25, 0.3) is 0 Å². The average molecular weight is 257 g/mol. The maximum absolute atomic E-state index is 8.69. The van der Waals surface area contributed by atoms with Gasteiger partial charge in [-0.05, 0) is 18.1 Å². The summed E-state index contributed by atoms with van der Waals surface area (Å²) in [6.07, 6.45) is 1.66. The van der Waals surface area contributed by atoms with E-state index < -0.39 is 0 Å². The Morgan fingerprint density at radius 1 is 1.37 bits per heavy atom. The predicted molar refractivity (Wildman–Crippen MR) is 69.4 cm³/mol. The molecule has 0 bridgehead atoms. The van der Waals surface area contributed by atoms with Crippen LogP contribution in [0.1, 0.15) is 36.7 Å². The van der Waals surface area contributed by atoms with Crippen LogP contribution in [0.25, 0.3) is 0 Å². The molecule has 98 valence electrons. The molecule has 0 aliphatic rings. The van der Waals surface area contributed by atoms with Crippen molar-refractivity contribution in [3.8, 4) is 6.07 Å². The third kappa shape index (κ3) is 2.88. The fourth-order valence-electron chi connectivity index (χ4n) is 1.79. The van der Waals surface area contributed by atoms with Gasteiger partial charge in [-0.2, -0.15) is 5.26 Å². The van der Waals surface area contributed by atoms with E-state index in [1.54, 1.807) is 18.4 Å². The Hall–Kier alpha value is -2.42. The molecule has 0 aromatic carbocycles. The zero-order valence-corrected chi connectivity index (χ0v) is 11.2. The van der Waals surface area contributed by atoms with Crippen LogP contribution >= 0.6 is 0 Å². The molecule has 0 fully saturated rings. The highest BCUT2D eigenvalue weighted by Crippen LogP contribution is 2.20. The lowest BCUT2D eigenvalue weighted by Gasteiger charge is -2.17. The second-order valence-electron chi connectivity index (χ2n) is 4.62.